The van der Waals surface area contributed by atoms with Crippen LogP contribution in [0.2, 0.25) is 0 Å². The molecule has 2 rings (SSSR count). The second-order valence-electron chi connectivity index (χ2n) is 4.58. The van der Waals surface area contributed by atoms with Gasteiger partial charge in [0.05, 0.1) is 15.9 Å². The number of halogens is 2. The SMILES string of the molecule is CCNc1nc(-c2ccc(Br)cc2C)nc(COC)c1I. The summed E-state index contributed by atoms with van der Waals surface area (Å²) in [5, 5.41) is 3.29. The van der Waals surface area contributed by atoms with Crippen molar-refractivity contribution in [1.29, 1.82) is 0 Å². The van der Waals surface area contributed by atoms with Gasteiger partial charge in [-0.3, -0.25) is 0 Å². The summed E-state index contributed by atoms with van der Waals surface area (Å²) >= 11 is 5.75. The summed E-state index contributed by atoms with van der Waals surface area (Å²) in [5.41, 5.74) is 3.07. The van der Waals surface area contributed by atoms with E-state index in [1.54, 1.807) is 7.11 Å². The summed E-state index contributed by atoms with van der Waals surface area (Å²) in [6.07, 6.45) is 0. The summed E-state index contributed by atoms with van der Waals surface area (Å²) in [7, 11) is 1.68. The summed E-state index contributed by atoms with van der Waals surface area (Å²) in [5.74, 6) is 1.58. The topological polar surface area (TPSA) is 47.0 Å². The van der Waals surface area contributed by atoms with Crippen LogP contribution in [0.3, 0.4) is 0 Å². The van der Waals surface area contributed by atoms with Gasteiger partial charge in [-0.25, -0.2) is 9.97 Å². The molecule has 0 fully saturated rings. The molecule has 0 aliphatic heterocycles. The van der Waals surface area contributed by atoms with Gasteiger partial charge < -0.3 is 10.1 Å². The van der Waals surface area contributed by atoms with E-state index in [0.29, 0.717) is 6.61 Å². The van der Waals surface area contributed by atoms with Crippen LogP contribution in [0.5, 0.6) is 0 Å². The van der Waals surface area contributed by atoms with E-state index >= 15 is 0 Å². The number of aryl methyl sites for hydroxylation is 1. The molecule has 0 saturated carbocycles. The minimum absolute atomic E-state index is 0.474. The molecule has 0 radical (unpaired) electrons. The van der Waals surface area contributed by atoms with Gasteiger partial charge >= 0.3 is 0 Å². The zero-order valence-electron chi connectivity index (χ0n) is 12.2. The zero-order chi connectivity index (χ0) is 15.4. The standard InChI is InChI=1S/C15H17BrIN3O/c1-4-18-15-13(17)12(8-21-3)19-14(20-15)11-6-5-10(16)7-9(11)2/h5-7H,4,8H2,1-3H3,(H,18,19,20). The summed E-state index contributed by atoms with van der Waals surface area (Å²) < 4.78 is 7.31. The van der Waals surface area contributed by atoms with Gasteiger partial charge in [0.15, 0.2) is 5.82 Å². The molecule has 0 unspecified atom stereocenters. The molecule has 0 saturated heterocycles. The van der Waals surface area contributed by atoms with Crippen molar-refractivity contribution in [3.05, 3.63) is 37.5 Å². The van der Waals surface area contributed by atoms with E-state index in [0.717, 1.165) is 43.1 Å². The van der Waals surface area contributed by atoms with Crippen molar-refractivity contribution in [3.8, 4) is 11.4 Å². The molecule has 0 spiro atoms. The largest absolute Gasteiger partial charge is 0.378 e. The van der Waals surface area contributed by atoms with Gasteiger partial charge in [0.25, 0.3) is 0 Å². The first-order valence-corrected chi connectivity index (χ1v) is 8.49. The molecule has 2 aromatic rings. The Balaban J connectivity index is 2.56. The lowest BCUT2D eigenvalue weighted by Crippen LogP contribution is -2.09. The molecule has 1 N–H and O–H groups in total. The van der Waals surface area contributed by atoms with Crippen LogP contribution in [-0.4, -0.2) is 23.6 Å². The summed E-state index contributed by atoms with van der Waals surface area (Å²) in [6.45, 7) is 5.41. The second kappa shape index (κ2) is 7.51. The van der Waals surface area contributed by atoms with E-state index in [1.165, 1.54) is 0 Å². The average molecular weight is 462 g/mol. The second-order valence-corrected chi connectivity index (χ2v) is 6.57. The smallest absolute Gasteiger partial charge is 0.162 e. The highest BCUT2D eigenvalue weighted by atomic mass is 127. The molecule has 1 aromatic heterocycles. The van der Waals surface area contributed by atoms with Crippen LogP contribution in [0.4, 0.5) is 5.82 Å². The van der Waals surface area contributed by atoms with E-state index in [1.807, 2.05) is 12.1 Å². The molecule has 0 amide bonds. The molecule has 112 valence electrons. The van der Waals surface area contributed by atoms with Crippen LogP contribution in [-0.2, 0) is 11.3 Å². The van der Waals surface area contributed by atoms with Crippen LogP contribution >= 0.6 is 38.5 Å². The Morgan fingerprint density at radius 1 is 1.33 bits per heavy atom. The molecule has 21 heavy (non-hydrogen) atoms. The predicted molar refractivity (Wildman–Crippen MR) is 97.5 cm³/mol. The van der Waals surface area contributed by atoms with Gasteiger partial charge in [-0.1, -0.05) is 15.9 Å². The highest BCUT2D eigenvalue weighted by Gasteiger charge is 2.14. The van der Waals surface area contributed by atoms with Crippen LogP contribution in [0.25, 0.3) is 11.4 Å². The van der Waals surface area contributed by atoms with Gasteiger partial charge in [0.2, 0.25) is 0 Å². The first-order chi connectivity index (χ1) is 10.1. The van der Waals surface area contributed by atoms with Gasteiger partial charge in [-0.05, 0) is 60.2 Å². The van der Waals surface area contributed by atoms with Crippen LogP contribution < -0.4 is 5.32 Å². The Morgan fingerprint density at radius 3 is 2.71 bits per heavy atom. The van der Waals surface area contributed by atoms with Crippen LogP contribution in [0.15, 0.2) is 22.7 Å². The van der Waals surface area contributed by atoms with Gasteiger partial charge in [-0.2, -0.15) is 0 Å². The highest BCUT2D eigenvalue weighted by Crippen LogP contribution is 2.28. The van der Waals surface area contributed by atoms with Crippen molar-refractivity contribution in [1.82, 2.24) is 9.97 Å². The van der Waals surface area contributed by atoms with Crippen molar-refractivity contribution in [3.63, 3.8) is 0 Å². The molecule has 6 heteroatoms. The lowest BCUT2D eigenvalue weighted by Gasteiger charge is -2.13. The van der Waals surface area contributed by atoms with E-state index in [2.05, 4.69) is 73.7 Å². The van der Waals surface area contributed by atoms with Crippen molar-refractivity contribution >= 4 is 44.3 Å². The van der Waals surface area contributed by atoms with Crippen molar-refractivity contribution in [2.45, 2.75) is 20.5 Å². The van der Waals surface area contributed by atoms with Crippen LogP contribution in [0, 0.1) is 10.5 Å². The molecular formula is C15H17BrIN3O. The number of rotatable bonds is 5. The Morgan fingerprint density at radius 2 is 2.10 bits per heavy atom. The maximum Gasteiger partial charge on any atom is 0.162 e. The molecule has 1 aromatic carbocycles. The first-order valence-electron chi connectivity index (χ1n) is 6.62. The number of hydrogen-bond acceptors (Lipinski definition) is 4. The number of ether oxygens (including phenoxy) is 1. The van der Waals surface area contributed by atoms with Crippen molar-refractivity contribution in [2.24, 2.45) is 0 Å². The molecular weight excluding hydrogens is 445 g/mol. The van der Waals surface area contributed by atoms with Crippen LogP contribution in [0.1, 0.15) is 18.2 Å². The minimum atomic E-state index is 0.474. The fourth-order valence-corrected chi connectivity index (χ4v) is 3.07. The van der Waals surface area contributed by atoms with Crippen molar-refractivity contribution < 1.29 is 4.74 Å². The average Bonchev–Trinajstić information content (AvgIpc) is 2.43. The third-order valence-electron chi connectivity index (χ3n) is 2.97. The highest BCUT2D eigenvalue weighted by molar-refractivity contribution is 14.1. The lowest BCUT2D eigenvalue weighted by molar-refractivity contribution is 0.181. The number of aromatic nitrogens is 2. The lowest BCUT2D eigenvalue weighted by atomic mass is 10.1. The number of methoxy groups -OCH3 is 1. The monoisotopic (exact) mass is 461 g/mol. The number of benzene rings is 1. The predicted octanol–water partition coefficient (Wildman–Crippen LogP) is 4.40. The van der Waals surface area contributed by atoms with E-state index in [-0.39, 0.29) is 0 Å². The molecule has 0 bridgehead atoms. The fraction of sp³-hybridized carbons (Fsp3) is 0.333. The third kappa shape index (κ3) is 3.92. The van der Waals surface area contributed by atoms with Crippen molar-refractivity contribution in [2.75, 3.05) is 19.0 Å². The molecule has 0 atom stereocenters. The third-order valence-corrected chi connectivity index (χ3v) is 4.60. The van der Waals surface area contributed by atoms with Gasteiger partial charge in [0, 0.05) is 23.7 Å². The van der Waals surface area contributed by atoms with E-state index < -0.39 is 0 Å². The minimum Gasteiger partial charge on any atom is -0.378 e. The Kier molecular flexibility index (Phi) is 5.95. The fourth-order valence-electron chi connectivity index (χ4n) is 2.01. The molecule has 0 aliphatic carbocycles. The summed E-state index contributed by atoms with van der Waals surface area (Å²) in [6, 6.07) is 6.11. The Labute approximate surface area is 147 Å². The number of hydrogen-bond donors (Lipinski definition) is 1. The van der Waals surface area contributed by atoms with Gasteiger partial charge in [-0.15, -0.1) is 0 Å². The van der Waals surface area contributed by atoms with E-state index in [9.17, 15) is 0 Å². The summed E-state index contributed by atoms with van der Waals surface area (Å²) in [4.78, 5) is 9.33. The quantitative estimate of drug-likeness (QED) is 0.670. The number of anilines is 1. The normalized spacial score (nSPS) is 10.7. The zero-order valence-corrected chi connectivity index (χ0v) is 15.9. The van der Waals surface area contributed by atoms with Gasteiger partial charge in [0.1, 0.15) is 5.82 Å². The Hall–Kier alpha value is -0.730. The first kappa shape index (κ1) is 16.6. The molecule has 0 aliphatic rings. The molecule has 4 nitrogen and oxygen atoms in total. The maximum absolute atomic E-state index is 5.25. The maximum atomic E-state index is 5.25. The molecule has 1 heterocycles. The number of nitrogens with zero attached hydrogens (tertiary/aromatic N) is 2. The number of nitrogens with one attached hydrogen (secondary N) is 1. The van der Waals surface area contributed by atoms with E-state index in [4.69, 9.17) is 4.74 Å². The Bertz CT molecular complexity index is 622.